The first-order valence-electron chi connectivity index (χ1n) is 10.2. The summed E-state index contributed by atoms with van der Waals surface area (Å²) in [5.74, 6) is -1.46. The van der Waals surface area contributed by atoms with Gasteiger partial charge in [-0.05, 0) is 55.7 Å². The Kier molecular flexibility index (Phi) is 4.03. The number of aromatic hydroxyl groups is 1. The van der Waals surface area contributed by atoms with E-state index in [1.54, 1.807) is 24.3 Å². The molecule has 2 heterocycles. The molecule has 30 heavy (non-hydrogen) atoms. The van der Waals surface area contributed by atoms with Gasteiger partial charge in [-0.2, -0.15) is 0 Å². The first-order chi connectivity index (χ1) is 14.2. The zero-order chi connectivity index (χ0) is 21.3. The molecule has 1 aliphatic carbocycles. The van der Waals surface area contributed by atoms with E-state index < -0.39 is 17.5 Å². The van der Waals surface area contributed by atoms with Gasteiger partial charge in [0.15, 0.2) is 0 Å². The van der Waals surface area contributed by atoms with Crippen molar-refractivity contribution in [3.63, 3.8) is 0 Å². The summed E-state index contributed by atoms with van der Waals surface area (Å²) in [5.41, 5.74) is 2.33. The first kappa shape index (κ1) is 19.1. The van der Waals surface area contributed by atoms with Crippen molar-refractivity contribution in [2.75, 3.05) is 6.61 Å². The highest BCUT2D eigenvalue weighted by Crippen LogP contribution is 2.56. The van der Waals surface area contributed by atoms with Crippen molar-refractivity contribution in [1.82, 2.24) is 4.57 Å². The molecule has 3 aromatic rings. The van der Waals surface area contributed by atoms with E-state index in [2.05, 4.69) is 18.4 Å². The number of ether oxygens (including phenoxy) is 1. The van der Waals surface area contributed by atoms with Gasteiger partial charge in [0.05, 0.1) is 23.6 Å². The number of rotatable bonds is 2. The quantitative estimate of drug-likeness (QED) is 0.634. The molecule has 0 bridgehead atoms. The highest BCUT2D eigenvalue weighted by atomic mass is 19.1. The van der Waals surface area contributed by atoms with Gasteiger partial charge >= 0.3 is 5.97 Å². The van der Waals surface area contributed by atoms with Gasteiger partial charge in [-0.15, -0.1) is 0 Å². The van der Waals surface area contributed by atoms with Crippen LogP contribution in [0.25, 0.3) is 16.6 Å². The Morgan fingerprint density at radius 1 is 1.20 bits per heavy atom. The van der Waals surface area contributed by atoms with E-state index >= 15 is 0 Å². The number of nitrogens with zero attached hydrogens (tertiary/aromatic N) is 1. The molecule has 5 rings (SSSR count). The number of phenols is 1. The lowest BCUT2D eigenvalue weighted by Crippen LogP contribution is -2.43. The number of aromatic nitrogens is 1. The third kappa shape index (κ3) is 2.59. The summed E-state index contributed by atoms with van der Waals surface area (Å²) in [6.45, 7) is 4.60. The second kappa shape index (κ2) is 6.32. The Morgan fingerprint density at radius 3 is 2.60 bits per heavy atom. The molecule has 1 aromatic heterocycles. The number of hydrogen-bond donors (Lipinski definition) is 2. The summed E-state index contributed by atoms with van der Waals surface area (Å²) in [5, 5.41) is 21.2. The average Bonchev–Trinajstić information content (AvgIpc) is 3.28. The maximum Gasteiger partial charge on any atom is 0.306 e. The maximum atomic E-state index is 13.6. The number of benzene rings is 2. The summed E-state index contributed by atoms with van der Waals surface area (Å²) < 4.78 is 22.1. The number of halogens is 1. The first-order valence-corrected chi connectivity index (χ1v) is 10.2. The van der Waals surface area contributed by atoms with E-state index in [1.807, 2.05) is 6.07 Å². The van der Waals surface area contributed by atoms with E-state index in [1.165, 1.54) is 12.1 Å². The van der Waals surface area contributed by atoms with Gasteiger partial charge < -0.3 is 19.5 Å². The van der Waals surface area contributed by atoms with E-state index in [4.69, 9.17) is 4.74 Å². The molecule has 156 valence electrons. The van der Waals surface area contributed by atoms with Crippen molar-refractivity contribution in [3.05, 3.63) is 59.5 Å². The van der Waals surface area contributed by atoms with Gasteiger partial charge in [0.1, 0.15) is 11.6 Å². The van der Waals surface area contributed by atoms with Gasteiger partial charge in [-0.25, -0.2) is 4.39 Å². The van der Waals surface area contributed by atoms with Gasteiger partial charge in [-0.3, -0.25) is 4.79 Å². The molecule has 1 saturated carbocycles. The molecule has 6 heteroatoms. The maximum absolute atomic E-state index is 13.6. The minimum absolute atomic E-state index is 0.143. The zero-order valence-corrected chi connectivity index (χ0v) is 17.0. The Balaban J connectivity index is 1.87. The standard InChI is InChI=1S/C24H24FNO4/c1-23(2)13-30-24(11-10-14(12-24)22(28)29)20-19-17(4-3-5-18(19)27)26(21(20)23)16-8-6-15(25)7-9-16/h3-9,14,27H,10-13H2,1-2H3,(H,28,29)/t14-,24-/m1/s1. The largest absolute Gasteiger partial charge is 0.507 e. The number of carbonyl (C=O) groups is 1. The Morgan fingerprint density at radius 2 is 1.93 bits per heavy atom. The number of carboxylic acid groups (broad SMARTS) is 1. The third-order valence-electron chi connectivity index (χ3n) is 6.68. The molecular formula is C24H24FNO4. The molecule has 1 fully saturated rings. The molecule has 5 nitrogen and oxygen atoms in total. The van der Waals surface area contributed by atoms with Crippen molar-refractivity contribution >= 4 is 16.9 Å². The molecule has 0 saturated heterocycles. The molecule has 0 radical (unpaired) electrons. The minimum Gasteiger partial charge on any atom is -0.507 e. The van der Waals surface area contributed by atoms with Crippen LogP contribution in [0.15, 0.2) is 42.5 Å². The van der Waals surface area contributed by atoms with E-state index in [9.17, 15) is 19.4 Å². The Hall–Kier alpha value is -2.86. The Labute approximate surface area is 173 Å². The molecule has 1 aliphatic heterocycles. The van der Waals surface area contributed by atoms with Crippen LogP contribution in [-0.4, -0.2) is 27.4 Å². The topological polar surface area (TPSA) is 71.7 Å². The van der Waals surface area contributed by atoms with Crippen molar-refractivity contribution in [1.29, 1.82) is 0 Å². The van der Waals surface area contributed by atoms with Crippen LogP contribution in [-0.2, 0) is 20.5 Å². The van der Waals surface area contributed by atoms with Gasteiger partial charge in [0, 0.05) is 27.7 Å². The lowest BCUT2D eigenvalue weighted by molar-refractivity contribution is -0.143. The minimum atomic E-state index is -0.812. The van der Waals surface area contributed by atoms with E-state index in [0.717, 1.165) is 22.5 Å². The summed E-state index contributed by atoms with van der Waals surface area (Å²) >= 11 is 0. The number of carboxylic acids is 1. The molecule has 0 unspecified atom stereocenters. The fourth-order valence-corrected chi connectivity index (χ4v) is 5.30. The van der Waals surface area contributed by atoms with Crippen LogP contribution < -0.4 is 0 Å². The summed E-state index contributed by atoms with van der Waals surface area (Å²) in [6.07, 6.45) is 1.50. The molecule has 2 N–H and O–H groups in total. The Bertz CT molecular complexity index is 1160. The molecule has 2 aromatic carbocycles. The average molecular weight is 409 g/mol. The van der Waals surface area contributed by atoms with Crippen LogP contribution in [0.4, 0.5) is 4.39 Å². The van der Waals surface area contributed by atoms with Crippen LogP contribution in [0.3, 0.4) is 0 Å². The normalized spacial score (nSPS) is 25.0. The molecule has 0 amide bonds. The van der Waals surface area contributed by atoms with Crippen molar-refractivity contribution in [2.24, 2.45) is 5.92 Å². The number of aliphatic carboxylic acids is 1. The smallest absolute Gasteiger partial charge is 0.306 e. The van der Waals surface area contributed by atoms with E-state index in [-0.39, 0.29) is 17.0 Å². The van der Waals surface area contributed by atoms with Crippen LogP contribution in [0.5, 0.6) is 5.75 Å². The lowest BCUT2D eigenvalue weighted by Gasteiger charge is -2.43. The number of fused-ring (bicyclic) bond motifs is 4. The van der Waals surface area contributed by atoms with Gasteiger partial charge in [0.2, 0.25) is 0 Å². The van der Waals surface area contributed by atoms with Crippen molar-refractivity contribution in [3.8, 4) is 11.4 Å². The number of hydrogen-bond acceptors (Lipinski definition) is 3. The third-order valence-corrected chi connectivity index (χ3v) is 6.68. The fraction of sp³-hybridized carbons (Fsp3) is 0.375. The molecule has 2 aliphatic rings. The summed E-state index contributed by atoms with van der Waals surface area (Å²) in [4.78, 5) is 11.7. The highest BCUT2D eigenvalue weighted by molar-refractivity contribution is 5.94. The molecule has 1 spiro atoms. The predicted octanol–water partition coefficient (Wildman–Crippen LogP) is 4.86. The molecule has 2 atom stereocenters. The van der Waals surface area contributed by atoms with Gasteiger partial charge in [0.25, 0.3) is 0 Å². The van der Waals surface area contributed by atoms with Crippen LogP contribution in [0.2, 0.25) is 0 Å². The summed E-state index contributed by atoms with van der Waals surface area (Å²) in [6, 6.07) is 11.7. The van der Waals surface area contributed by atoms with Gasteiger partial charge in [-0.1, -0.05) is 19.9 Å². The SMILES string of the molecule is CC1(C)CO[C@@]2(CC[C@@H](C(=O)O)C2)c2c1n(-c1ccc(F)cc1)c1cccc(O)c21. The van der Waals surface area contributed by atoms with Crippen LogP contribution >= 0.6 is 0 Å². The molecular weight excluding hydrogens is 385 g/mol. The second-order valence-electron chi connectivity index (χ2n) is 9.15. The van der Waals surface area contributed by atoms with Crippen molar-refractivity contribution in [2.45, 2.75) is 44.1 Å². The zero-order valence-electron chi connectivity index (χ0n) is 17.0. The van der Waals surface area contributed by atoms with Crippen LogP contribution in [0.1, 0.15) is 44.4 Å². The number of phenolic OH excluding ortho intramolecular Hbond substituents is 1. The van der Waals surface area contributed by atoms with Crippen molar-refractivity contribution < 1.29 is 24.1 Å². The second-order valence-corrected chi connectivity index (χ2v) is 9.15. The monoisotopic (exact) mass is 409 g/mol. The highest BCUT2D eigenvalue weighted by Gasteiger charge is 2.53. The predicted molar refractivity (Wildman–Crippen MR) is 111 cm³/mol. The van der Waals surface area contributed by atoms with E-state index in [0.29, 0.717) is 31.3 Å². The summed E-state index contributed by atoms with van der Waals surface area (Å²) in [7, 11) is 0. The lowest BCUT2D eigenvalue weighted by atomic mass is 9.76. The van der Waals surface area contributed by atoms with Crippen LogP contribution in [0, 0.1) is 11.7 Å². The fourth-order valence-electron chi connectivity index (χ4n) is 5.30.